The largest absolute Gasteiger partial charge is 0.354 e. The number of benzene rings is 3. The summed E-state index contributed by atoms with van der Waals surface area (Å²) < 4.78 is 25.4. The minimum absolute atomic E-state index is 0.102. The van der Waals surface area contributed by atoms with Crippen LogP contribution in [-0.4, -0.2) is 14.4 Å². The topological polar surface area (TPSA) is 103 Å². The summed E-state index contributed by atoms with van der Waals surface area (Å²) in [6.45, 7) is 2.44. The molecule has 1 atom stereocenters. The van der Waals surface area contributed by atoms with E-state index in [2.05, 4.69) is 16.4 Å². The van der Waals surface area contributed by atoms with Crippen molar-refractivity contribution in [1.82, 2.24) is 5.32 Å². The van der Waals surface area contributed by atoms with E-state index in [1.54, 1.807) is 49.4 Å². The van der Waals surface area contributed by atoms with Gasteiger partial charge in [0.15, 0.2) is 9.84 Å². The van der Waals surface area contributed by atoms with Gasteiger partial charge in [-0.05, 0) is 48.4 Å². The average Bonchev–Trinajstić information content (AvgIpc) is 2.76. The number of sulfone groups is 1. The molecule has 9 heteroatoms. The number of anilines is 1. The number of amides is 2. The fourth-order valence-electron chi connectivity index (χ4n) is 3.15. The van der Waals surface area contributed by atoms with Gasteiger partial charge >= 0.3 is 6.03 Å². The van der Waals surface area contributed by atoms with Crippen molar-refractivity contribution in [3.05, 3.63) is 93.5 Å². The van der Waals surface area contributed by atoms with Crippen molar-refractivity contribution in [3.63, 3.8) is 0 Å². The molecule has 0 fully saturated rings. The van der Waals surface area contributed by atoms with Crippen LogP contribution in [0.25, 0.3) is 0 Å². The summed E-state index contributed by atoms with van der Waals surface area (Å²) in [6, 6.07) is 17.8. The molecule has 6 nitrogen and oxygen atoms in total. The fourth-order valence-corrected chi connectivity index (χ4v) is 4.97. The molecule has 0 radical (unpaired) electrons. The van der Waals surface area contributed by atoms with Gasteiger partial charge in [0, 0.05) is 11.3 Å². The lowest BCUT2D eigenvalue weighted by molar-refractivity contribution is -0.386. The van der Waals surface area contributed by atoms with Gasteiger partial charge < -0.3 is 16.4 Å². The zero-order valence-electron chi connectivity index (χ0n) is 17.4. The molecule has 0 aliphatic carbocycles. The molecule has 0 spiro atoms. The van der Waals surface area contributed by atoms with E-state index in [0.29, 0.717) is 33.4 Å². The van der Waals surface area contributed by atoms with E-state index >= 15 is 0 Å². The Morgan fingerprint density at radius 1 is 0.969 bits per heavy atom. The number of carbonyl (C=O) groups excluding carboxylic acids is 1. The molecule has 5 N–H and O–H groups in total. The van der Waals surface area contributed by atoms with Gasteiger partial charge in [-0.15, -0.1) is 0 Å². The molecule has 0 aliphatic rings. The molecular weight excluding hydrogens is 469 g/mol. The van der Waals surface area contributed by atoms with Crippen molar-refractivity contribution in [2.24, 2.45) is 0 Å². The standard InChI is InChI=1S/C23H23Cl2N3O3S/c1-15(20-3-2-4-21(24)22(20)25)27-23(29)28-18-9-11-19(12-10-18)32(30,31)14-17-7-5-16(13-26)6-8-17/h2-12,15H,13-14,26H2,1H3,(H2,27,28,29)/p+1/t15-/m0/s1. The fraction of sp³-hybridized carbons (Fsp3) is 0.174. The lowest BCUT2D eigenvalue weighted by Crippen LogP contribution is -2.47. The van der Waals surface area contributed by atoms with E-state index in [-0.39, 0.29) is 16.7 Å². The highest BCUT2D eigenvalue weighted by Gasteiger charge is 2.17. The van der Waals surface area contributed by atoms with Crippen LogP contribution in [0, 0.1) is 0 Å². The molecular formula is C23H24Cl2N3O3S+. The molecule has 0 heterocycles. The maximum atomic E-state index is 12.7. The SMILES string of the molecule is C[C@H](NC(=O)Nc1ccc(S(=O)(=O)Cc2ccc(C[NH3+])cc2)cc1)c1cccc(Cl)c1Cl. The van der Waals surface area contributed by atoms with E-state index in [9.17, 15) is 13.2 Å². The molecule has 32 heavy (non-hydrogen) atoms. The molecule has 0 bridgehead atoms. The molecule has 3 rings (SSSR count). The summed E-state index contributed by atoms with van der Waals surface area (Å²) in [7, 11) is -3.51. The predicted molar refractivity (Wildman–Crippen MR) is 127 cm³/mol. The van der Waals surface area contributed by atoms with E-state index in [1.165, 1.54) is 12.1 Å². The number of carbonyl (C=O) groups is 1. The monoisotopic (exact) mass is 492 g/mol. The Morgan fingerprint density at radius 2 is 1.59 bits per heavy atom. The number of rotatable bonds is 7. The van der Waals surface area contributed by atoms with Gasteiger partial charge in [-0.25, -0.2) is 13.2 Å². The van der Waals surface area contributed by atoms with Crippen LogP contribution in [0.1, 0.15) is 29.7 Å². The molecule has 0 aromatic heterocycles. The van der Waals surface area contributed by atoms with E-state index < -0.39 is 15.9 Å². The van der Waals surface area contributed by atoms with Gasteiger partial charge in [-0.3, -0.25) is 0 Å². The Morgan fingerprint density at radius 3 is 2.22 bits per heavy atom. The summed E-state index contributed by atoms with van der Waals surface area (Å²) in [4.78, 5) is 12.5. The number of nitrogens with one attached hydrogen (secondary N) is 2. The van der Waals surface area contributed by atoms with Crippen LogP contribution in [0.3, 0.4) is 0 Å². The highest BCUT2D eigenvalue weighted by molar-refractivity contribution is 7.90. The van der Waals surface area contributed by atoms with Crippen LogP contribution in [-0.2, 0) is 22.1 Å². The Labute approximate surface area is 197 Å². The third kappa shape index (κ3) is 6.01. The van der Waals surface area contributed by atoms with Crippen molar-refractivity contribution in [2.75, 3.05) is 5.32 Å². The number of hydrogen-bond donors (Lipinski definition) is 3. The summed E-state index contributed by atoms with van der Waals surface area (Å²) >= 11 is 12.2. The zero-order valence-corrected chi connectivity index (χ0v) is 19.8. The lowest BCUT2D eigenvalue weighted by Gasteiger charge is -2.17. The van der Waals surface area contributed by atoms with Crippen LogP contribution >= 0.6 is 23.2 Å². The summed E-state index contributed by atoms with van der Waals surface area (Å²) in [5.74, 6) is -0.102. The van der Waals surface area contributed by atoms with Crippen LogP contribution < -0.4 is 16.4 Å². The number of urea groups is 1. The van der Waals surface area contributed by atoms with Gasteiger partial charge in [0.1, 0.15) is 0 Å². The van der Waals surface area contributed by atoms with Gasteiger partial charge in [0.05, 0.1) is 33.3 Å². The summed E-state index contributed by atoms with van der Waals surface area (Å²) in [5.41, 5.74) is 6.72. The molecule has 3 aromatic carbocycles. The first-order valence-corrected chi connectivity index (χ1v) is 12.3. The van der Waals surface area contributed by atoms with Crippen molar-refractivity contribution >= 4 is 44.8 Å². The first-order chi connectivity index (χ1) is 15.2. The second kappa shape index (κ2) is 10.4. The van der Waals surface area contributed by atoms with E-state index in [1.807, 2.05) is 12.1 Å². The summed E-state index contributed by atoms with van der Waals surface area (Å²) in [6.07, 6.45) is 0. The molecule has 0 saturated heterocycles. The lowest BCUT2D eigenvalue weighted by atomic mass is 10.1. The number of halogens is 2. The van der Waals surface area contributed by atoms with Gasteiger partial charge in [-0.2, -0.15) is 0 Å². The van der Waals surface area contributed by atoms with Gasteiger partial charge in [0.25, 0.3) is 0 Å². The van der Waals surface area contributed by atoms with Crippen molar-refractivity contribution in [2.45, 2.75) is 30.2 Å². The Hall–Kier alpha value is -2.58. The molecule has 3 aromatic rings. The van der Waals surface area contributed by atoms with Crippen LogP contribution in [0.5, 0.6) is 0 Å². The minimum atomic E-state index is -3.51. The molecule has 2 amide bonds. The van der Waals surface area contributed by atoms with Crippen LogP contribution in [0.2, 0.25) is 10.0 Å². The van der Waals surface area contributed by atoms with Crippen LogP contribution in [0.15, 0.2) is 71.6 Å². The van der Waals surface area contributed by atoms with Gasteiger partial charge in [0.2, 0.25) is 0 Å². The quantitative estimate of drug-likeness (QED) is 0.449. The Kier molecular flexibility index (Phi) is 7.79. The normalized spacial score (nSPS) is 12.2. The van der Waals surface area contributed by atoms with E-state index in [0.717, 1.165) is 5.56 Å². The van der Waals surface area contributed by atoms with Crippen molar-refractivity contribution < 1.29 is 18.9 Å². The van der Waals surface area contributed by atoms with Gasteiger partial charge in [-0.1, -0.05) is 59.6 Å². The minimum Gasteiger partial charge on any atom is -0.354 e. The molecule has 168 valence electrons. The first-order valence-electron chi connectivity index (χ1n) is 9.91. The summed E-state index contributed by atoms with van der Waals surface area (Å²) in [5, 5.41) is 6.27. The number of quaternary nitrogens is 1. The van der Waals surface area contributed by atoms with Crippen molar-refractivity contribution in [3.8, 4) is 0 Å². The average molecular weight is 493 g/mol. The van der Waals surface area contributed by atoms with Crippen LogP contribution in [0.4, 0.5) is 10.5 Å². The van der Waals surface area contributed by atoms with E-state index in [4.69, 9.17) is 23.2 Å². The maximum absolute atomic E-state index is 12.7. The third-order valence-corrected chi connectivity index (χ3v) is 7.47. The zero-order chi connectivity index (χ0) is 23.3. The third-order valence-electron chi connectivity index (χ3n) is 4.94. The second-order valence-electron chi connectivity index (χ2n) is 7.31. The highest BCUT2D eigenvalue weighted by atomic mass is 35.5. The Bertz CT molecular complexity index is 1200. The molecule has 0 saturated carbocycles. The Balaban J connectivity index is 1.63. The predicted octanol–water partition coefficient (Wildman–Crippen LogP) is 4.59. The molecule has 0 aliphatic heterocycles. The first kappa shape index (κ1) is 24.1. The maximum Gasteiger partial charge on any atom is 0.319 e. The highest BCUT2D eigenvalue weighted by Crippen LogP contribution is 2.29. The second-order valence-corrected chi connectivity index (χ2v) is 10.1. The molecule has 0 unspecified atom stereocenters. The smallest absolute Gasteiger partial charge is 0.319 e. The number of hydrogen-bond acceptors (Lipinski definition) is 3. The van der Waals surface area contributed by atoms with Crippen molar-refractivity contribution in [1.29, 1.82) is 0 Å².